The molecule has 3 rings (SSSR count). The summed E-state index contributed by atoms with van der Waals surface area (Å²) < 4.78 is 49.1. The highest BCUT2D eigenvalue weighted by Gasteiger charge is 2.48. The van der Waals surface area contributed by atoms with Crippen LogP contribution in [0.1, 0.15) is 24.9 Å². The third-order valence-electron chi connectivity index (χ3n) is 3.96. The highest BCUT2D eigenvalue weighted by atomic mass is 19.4. The van der Waals surface area contributed by atoms with E-state index in [9.17, 15) is 18.0 Å². The van der Waals surface area contributed by atoms with Gasteiger partial charge in [0.25, 0.3) is 6.23 Å². The van der Waals surface area contributed by atoms with E-state index in [4.69, 9.17) is 9.47 Å². The highest BCUT2D eigenvalue weighted by Crippen LogP contribution is 2.48. The lowest BCUT2D eigenvalue weighted by Gasteiger charge is -2.31. The number of fused-ring (bicyclic) bond motifs is 1. The van der Waals surface area contributed by atoms with Gasteiger partial charge in [-0.3, -0.25) is 10.2 Å². The third-order valence-corrected chi connectivity index (χ3v) is 3.96. The number of hydrogen-bond acceptors (Lipinski definition) is 5. The first-order valence-electron chi connectivity index (χ1n) is 7.06. The van der Waals surface area contributed by atoms with E-state index in [0.29, 0.717) is 5.56 Å². The number of nitrogens with one attached hydrogen (secondary N) is 3. The number of methoxy groups -OCH3 is 1. The zero-order chi connectivity index (χ0) is 16.8. The number of rotatable bonds is 2. The number of amides is 1. The summed E-state index contributed by atoms with van der Waals surface area (Å²) in [4.78, 5) is 11.4. The largest absolute Gasteiger partial charge is 0.494 e. The van der Waals surface area contributed by atoms with Gasteiger partial charge in [-0.25, -0.2) is 5.43 Å². The standard InChI is InChI=1S/C14H16F3N3O3/c1-6-5-9(21)19-20-10(6)7-3-4-8(22-2)11-12(7)23-13(18-11)14(15,16)17/h3-4,6,10,13,18,20H,5H2,1-2H3,(H,19,21). The van der Waals surface area contributed by atoms with Crippen LogP contribution in [0.5, 0.6) is 11.5 Å². The average Bonchev–Trinajstić information content (AvgIpc) is 2.92. The van der Waals surface area contributed by atoms with E-state index in [-0.39, 0.29) is 41.5 Å². The predicted molar refractivity (Wildman–Crippen MR) is 74.9 cm³/mol. The number of halogens is 3. The van der Waals surface area contributed by atoms with Gasteiger partial charge in [0.2, 0.25) is 5.91 Å². The van der Waals surface area contributed by atoms with Crippen molar-refractivity contribution in [1.82, 2.24) is 10.9 Å². The minimum absolute atomic E-state index is 0.0900. The number of hydrogen-bond donors (Lipinski definition) is 3. The molecule has 1 saturated heterocycles. The molecular weight excluding hydrogens is 315 g/mol. The SMILES string of the molecule is COc1ccc(C2NNC(=O)CC2C)c2c1NC(C(F)(F)F)O2. The first-order chi connectivity index (χ1) is 10.8. The molecule has 6 nitrogen and oxygen atoms in total. The fourth-order valence-corrected chi connectivity index (χ4v) is 2.83. The molecule has 0 spiro atoms. The fraction of sp³-hybridized carbons (Fsp3) is 0.500. The Bertz CT molecular complexity index is 636. The minimum Gasteiger partial charge on any atom is -0.494 e. The summed E-state index contributed by atoms with van der Waals surface area (Å²) in [6.07, 6.45) is -6.41. The van der Waals surface area contributed by atoms with E-state index in [0.717, 1.165) is 0 Å². The van der Waals surface area contributed by atoms with Gasteiger partial charge in [-0.15, -0.1) is 0 Å². The van der Waals surface area contributed by atoms with Crippen LogP contribution in [0.4, 0.5) is 18.9 Å². The summed E-state index contributed by atoms with van der Waals surface area (Å²) in [5.41, 5.74) is 6.03. The van der Waals surface area contributed by atoms with Crippen LogP contribution in [-0.2, 0) is 4.79 Å². The molecular formula is C14H16F3N3O3. The van der Waals surface area contributed by atoms with Gasteiger partial charge in [-0.1, -0.05) is 6.92 Å². The topological polar surface area (TPSA) is 71.6 Å². The Balaban J connectivity index is 1.98. The maximum atomic E-state index is 13.0. The van der Waals surface area contributed by atoms with Crippen molar-refractivity contribution in [2.24, 2.45) is 5.92 Å². The monoisotopic (exact) mass is 331 g/mol. The molecule has 2 aliphatic rings. The van der Waals surface area contributed by atoms with Crippen LogP contribution in [0, 0.1) is 5.92 Å². The summed E-state index contributed by atoms with van der Waals surface area (Å²) in [6.45, 7) is 1.84. The lowest BCUT2D eigenvalue weighted by atomic mass is 9.90. The molecule has 3 unspecified atom stereocenters. The molecule has 1 aromatic carbocycles. The van der Waals surface area contributed by atoms with Crippen molar-refractivity contribution in [1.29, 1.82) is 0 Å². The summed E-state index contributed by atoms with van der Waals surface area (Å²) in [5, 5.41) is 2.31. The van der Waals surface area contributed by atoms with Gasteiger partial charge in [0, 0.05) is 12.0 Å². The molecule has 23 heavy (non-hydrogen) atoms. The van der Waals surface area contributed by atoms with Gasteiger partial charge in [-0.05, 0) is 18.1 Å². The van der Waals surface area contributed by atoms with Crippen molar-refractivity contribution in [2.75, 3.05) is 12.4 Å². The van der Waals surface area contributed by atoms with Crippen LogP contribution < -0.4 is 25.6 Å². The van der Waals surface area contributed by atoms with Crippen LogP contribution in [0.2, 0.25) is 0 Å². The molecule has 0 bridgehead atoms. The Labute approximate surface area is 130 Å². The molecule has 0 radical (unpaired) electrons. The van der Waals surface area contributed by atoms with Gasteiger partial charge in [0.05, 0.1) is 13.2 Å². The highest BCUT2D eigenvalue weighted by molar-refractivity contribution is 5.77. The van der Waals surface area contributed by atoms with Gasteiger partial charge < -0.3 is 14.8 Å². The summed E-state index contributed by atoms with van der Waals surface area (Å²) in [6, 6.07) is 2.86. The molecule has 1 amide bonds. The second-order valence-corrected chi connectivity index (χ2v) is 5.60. The van der Waals surface area contributed by atoms with Gasteiger partial charge in [0.15, 0.2) is 5.75 Å². The number of alkyl halides is 3. The maximum Gasteiger partial charge on any atom is 0.445 e. The Morgan fingerprint density at radius 2 is 2.09 bits per heavy atom. The van der Waals surface area contributed by atoms with Crippen LogP contribution in [-0.4, -0.2) is 25.4 Å². The van der Waals surface area contributed by atoms with E-state index in [1.165, 1.54) is 7.11 Å². The Morgan fingerprint density at radius 3 is 2.70 bits per heavy atom. The lowest BCUT2D eigenvalue weighted by molar-refractivity contribution is -0.182. The summed E-state index contributed by atoms with van der Waals surface area (Å²) >= 11 is 0. The van der Waals surface area contributed by atoms with Crippen molar-refractivity contribution in [3.63, 3.8) is 0 Å². The van der Waals surface area contributed by atoms with Crippen molar-refractivity contribution >= 4 is 11.6 Å². The van der Waals surface area contributed by atoms with E-state index in [2.05, 4.69) is 16.2 Å². The van der Waals surface area contributed by atoms with E-state index >= 15 is 0 Å². The molecule has 3 N–H and O–H groups in total. The van der Waals surface area contributed by atoms with Gasteiger partial charge in [0.1, 0.15) is 11.4 Å². The summed E-state index contributed by atoms with van der Waals surface area (Å²) in [5.74, 6) is 0.0936. The van der Waals surface area contributed by atoms with Crippen LogP contribution in [0.3, 0.4) is 0 Å². The fourth-order valence-electron chi connectivity index (χ4n) is 2.83. The van der Waals surface area contributed by atoms with Crippen LogP contribution in [0.25, 0.3) is 0 Å². The van der Waals surface area contributed by atoms with Gasteiger partial charge in [-0.2, -0.15) is 13.2 Å². The van der Waals surface area contributed by atoms with Gasteiger partial charge >= 0.3 is 6.18 Å². The molecule has 0 aliphatic carbocycles. The van der Waals surface area contributed by atoms with E-state index < -0.39 is 12.4 Å². The van der Waals surface area contributed by atoms with Crippen LogP contribution in [0.15, 0.2) is 12.1 Å². The van der Waals surface area contributed by atoms with Crippen molar-refractivity contribution in [2.45, 2.75) is 31.8 Å². The third kappa shape index (κ3) is 2.76. The molecule has 0 saturated carbocycles. The molecule has 2 heterocycles. The minimum atomic E-state index is -4.55. The number of ether oxygens (including phenoxy) is 2. The Hall–Kier alpha value is -2.16. The molecule has 1 aromatic rings. The van der Waals surface area contributed by atoms with Crippen molar-refractivity contribution in [3.8, 4) is 11.5 Å². The number of carbonyl (C=O) groups is 1. The molecule has 1 fully saturated rings. The van der Waals surface area contributed by atoms with Crippen LogP contribution >= 0.6 is 0 Å². The van der Waals surface area contributed by atoms with E-state index in [1.54, 1.807) is 12.1 Å². The first-order valence-corrected chi connectivity index (χ1v) is 7.06. The molecule has 0 aromatic heterocycles. The second kappa shape index (κ2) is 5.48. The Morgan fingerprint density at radius 1 is 1.35 bits per heavy atom. The quantitative estimate of drug-likeness (QED) is 0.774. The molecule has 2 aliphatic heterocycles. The lowest BCUT2D eigenvalue weighted by Crippen LogP contribution is -2.48. The van der Waals surface area contributed by atoms with E-state index in [1.807, 2.05) is 6.92 Å². The smallest absolute Gasteiger partial charge is 0.445 e. The maximum absolute atomic E-state index is 13.0. The molecule has 3 atom stereocenters. The molecule has 9 heteroatoms. The Kier molecular flexibility index (Phi) is 3.75. The summed E-state index contributed by atoms with van der Waals surface area (Å²) in [7, 11) is 1.37. The zero-order valence-corrected chi connectivity index (χ0v) is 12.5. The first kappa shape index (κ1) is 15.7. The molecule has 126 valence electrons. The number of anilines is 1. The zero-order valence-electron chi connectivity index (χ0n) is 12.5. The normalized spacial score (nSPS) is 26.8. The second-order valence-electron chi connectivity index (χ2n) is 5.60. The average molecular weight is 331 g/mol. The van der Waals surface area contributed by atoms with Crippen molar-refractivity contribution < 1.29 is 27.4 Å². The number of hydrazine groups is 1. The predicted octanol–water partition coefficient (Wildman–Crippen LogP) is 2.09. The van der Waals surface area contributed by atoms with Crippen molar-refractivity contribution in [3.05, 3.63) is 17.7 Å². The number of carbonyl (C=O) groups excluding carboxylic acids is 1. The number of benzene rings is 1.